The molecule has 1 aromatic carbocycles. The van der Waals surface area contributed by atoms with Crippen LogP contribution in [0.1, 0.15) is 37.4 Å². The number of hydrogen-bond acceptors (Lipinski definition) is 3. The molecule has 114 valence electrons. The van der Waals surface area contributed by atoms with Crippen molar-refractivity contribution in [2.45, 2.75) is 37.8 Å². The van der Waals surface area contributed by atoms with Crippen molar-refractivity contribution >= 4 is 5.91 Å². The van der Waals surface area contributed by atoms with E-state index in [4.69, 9.17) is 0 Å². The maximum Gasteiger partial charge on any atom is 0.234 e. The van der Waals surface area contributed by atoms with Crippen LogP contribution in [0.2, 0.25) is 0 Å². The molecule has 1 heterocycles. The molecule has 2 aliphatic rings. The number of nitrogens with one attached hydrogen (secondary N) is 1. The topological polar surface area (TPSA) is 52.6 Å². The van der Waals surface area contributed by atoms with Crippen LogP contribution in [0.5, 0.6) is 0 Å². The molecule has 1 saturated heterocycles. The van der Waals surface area contributed by atoms with Gasteiger partial charge in [0.25, 0.3) is 0 Å². The van der Waals surface area contributed by atoms with Gasteiger partial charge in [-0.05, 0) is 50.3 Å². The summed E-state index contributed by atoms with van der Waals surface area (Å²) in [5, 5.41) is 13.5. The molecule has 1 saturated carbocycles. The SMILES string of the molecule is O=C(CN1CCC([C@H](O)c2ccccc2)CC1)NC1CC1. The molecular formula is C17H24N2O2. The molecule has 2 fully saturated rings. The quantitative estimate of drug-likeness (QED) is 0.867. The maximum absolute atomic E-state index is 11.8. The number of aliphatic hydroxyl groups excluding tert-OH is 1. The average Bonchev–Trinajstić information content (AvgIpc) is 3.32. The highest BCUT2D eigenvalue weighted by Gasteiger charge is 2.28. The maximum atomic E-state index is 11.8. The van der Waals surface area contributed by atoms with E-state index in [1.165, 1.54) is 0 Å². The third kappa shape index (κ3) is 4.05. The lowest BCUT2D eigenvalue weighted by Gasteiger charge is -2.34. The Morgan fingerprint density at radius 1 is 1.19 bits per heavy atom. The van der Waals surface area contributed by atoms with Crippen molar-refractivity contribution in [2.75, 3.05) is 19.6 Å². The predicted octanol–water partition coefficient (Wildman–Crippen LogP) is 1.71. The summed E-state index contributed by atoms with van der Waals surface area (Å²) in [6.07, 6.45) is 3.79. The Kier molecular flexibility index (Phi) is 4.56. The van der Waals surface area contributed by atoms with Gasteiger partial charge in [-0.2, -0.15) is 0 Å². The number of carbonyl (C=O) groups excluding carboxylic acids is 1. The normalized spacial score (nSPS) is 22.0. The Morgan fingerprint density at radius 3 is 2.48 bits per heavy atom. The van der Waals surface area contributed by atoms with Crippen LogP contribution < -0.4 is 5.32 Å². The molecule has 0 bridgehead atoms. The molecule has 1 aliphatic carbocycles. The number of aliphatic hydroxyl groups is 1. The van der Waals surface area contributed by atoms with Crippen LogP contribution in [0, 0.1) is 5.92 Å². The minimum absolute atomic E-state index is 0.152. The summed E-state index contributed by atoms with van der Waals surface area (Å²) in [4.78, 5) is 14.0. The van der Waals surface area contributed by atoms with Gasteiger partial charge in [0.15, 0.2) is 0 Å². The Morgan fingerprint density at radius 2 is 1.86 bits per heavy atom. The van der Waals surface area contributed by atoms with Gasteiger partial charge in [-0.1, -0.05) is 30.3 Å². The van der Waals surface area contributed by atoms with Crippen molar-refractivity contribution in [3.8, 4) is 0 Å². The minimum atomic E-state index is -0.381. The fourth-order valence-electron chi connectivity index (χ4n) is 3.05. The van der Waals surface area contributed by atoms with Gasteiger partial charge in [0, 0.05) is 6.04 Å². The van der Waals surface area contributed by atoms with Gasteiger partial charge in [0.2, 0.25) is 5.91 Å². The van der Waals surface area contributed by atoms with E-state index in [2.05, 4.69) is 10.2 Å². The van der Waals surface area contributed by atoms with Gasteiger partial charge >= 0.3 is 0 Å². The molecule has 1 aliphatic heterocycles. The standard InChI is InChI=1S/C17H24N2O2/c20-16(18-15-6-7-15)12-19-10-8-14(9-11-19)17(21)13-4-2-1-3-5-13/h1-5,14-15,17,21H,6-12H2,(H,18,20)/t17-/m1/s1. The number of piperidine rings is 1. The number of nitrogens with zero attached hydrogens (tertiary/aromatic N) is 1. The summed E-state index contributed by atoms with van der Waals surface area (Å²) in [6.45, 7) is 2.30. The summed E-state index contributed by atoms with van der Waals surface area (Å²) in [6, 6.07) is 10.3. The van der Waals surface area contributed by atoms with E-state index in [9.17, 15) is 9.90 Å². The molecule has 0 unspecified atom stereocenters. The number of rotatable bonds is 5. The summed E-state index contributed by atoms with van der Waals surface area (Å²) >= 11 is 0. The van der Waals surface area contributed by atoms with E-state index in [-0.39, 0.29) is 12.0 Å². The first kappa shape index (κ1) is 14.5. The molecule has 21 heavy (non-hydrogen) atoms. The average molecular weight is 288 g/mol. The number of carbonyl (C=O) groups is 1. The Bertz CT molecular complexity index is 465. The second-order valence-corrected chi connectivity index (χ2v) is 6.31. The molecular weight excluding hydrogens is 264 g/mol. The molecule has 1 atom stereocenters. The van der Waals surface area contributed by atoms with Crippen LogP contribution in [0.25, 0.3) is 0 Å². The lowest BCUT2D eigenvalue weighted by molar-refractivity contribution is -0.122. The van der Waals surface area contributed by atoms with E-state index >= 15 is 0 Å². The van der Waals surface area contributed by atoms with Crippen molar-refractivity contribution < 1.29 is 9.90 Å². The predicted molar refractivity (Wildman–Crippen MR) is 81.7 cm³/mol. The first-order chi connectivity index (χ1) is 10.2. The van der Waals surface area contributed by atoms with Gasteiger partial charge in [-0.15, -0.1) is 0 Å². The van der Waals surface area contributed by atoms with Gasteiger partial charge in [-0.25, -0.2) is 0 Å². The number of amides is 1. The van der Waals surface area contributed by atoms with Crippen molar-refractivity contribution in [1.82, 2.24) is 10.2 Å². The third-order valence-corrected chi connectivity index (χ3v) is 4.53. The van der Waals surface area contributed by atoms with Crippen LogP contribution in [-0.2, 0) is 4.79 Å². The van der Waals surface area contributed by atoms with E-state index < -0.39 is 0 Å². The Balaban J connectivity index is 1.45. The molecule has 0 aromatic heterocycles. The van der Waals surface area contributed by atoms with Crippen molar-refractivity contribution in [3.05, 3.63) is 35.9 Å². The minimum Gasteiger partial charge on any atom is -0.388 e. The molecule has 1 aromatic rings. The fourth-order valence-corrected chi connectivity index (χ4v) is 3.05. The Labute approximate surface area is 126 Å². The summed E-state index contributed by atoms with van der Waals surface area (Å²) < 4.78 is 0. The first-order valence-electron chi connectivity index (χ1n) is 7.97. The van der Waals surface area contributed by atoms with E-state index in [0.29, 0.717) is 18.5 Å². The lowest BCUT2D eigenvalue weighted by atomic mass is 9.87. The van der Waals surface area contributed by atoms with Gasteiger partial charge in [0.05, 0.1) is 12.6 Å². The third-order valence-electron chi connectivity index (χ3n) is 4.53. The molecule has 0 radical (unpaired) electrons. The zero-order chi connectivity index (χ0) is 14.7. The largest absolute Gasteiger partial charge is 0.388 e. The van der Waals surface area contributed by atoms with E-state index in [1.54, 1.807) is 0 Å². The second-order valence-electron chi connectivity index (χ2n) is 6.31. The zero-order valence-electron chi connectivity index (χ0n) is 12.4. The van der Waals surface area contributed by atoms with E-state index in [1.807, 2.05) is 30.3 Å². The van der Waals surface area contributed by atoms with Crippen LogP contribution in [0.15, 0.2) is 30.3 Å². The van der Waals surface area contributed by atoms with Crippen LogP contribution >= 0.6 is 0 Å². The number of likely N-dealkylation sites (tertiary alicyclic amines) is 1. The summed E-state index contributed by atoms with van der Waals surface area (Å²) in [5.74, 6) is 0.453. The summed E-state index contributed by atoms with van der Waals surface area (Å²) in [5.41, 5.74) is 1.00. The second kappa shape index (κ2) is 6.58. The molecule has 0 spiro atoms. The lowest BCUT2D eigenvalue weighted by Crippen LogP contribution is -2.42. The molecule has 2 N–H and O–H groups in total. The smallest absolute Gasteiger partial charge is 0.234 e. The Hall–Kier alpha value is -1.39. The number of benzene rings is 1. The highest BCUT2D eigenvalue weighted by atomic mass is 16.3. The highest BCUT2D eigenvalue weighted by molar-refractivity contribution is 5.78. The number of hydrogen-bond donors (Lipinski definition) is 2. The molecule has 4 heteroatoms. The van der Waals surface area contributed by atoms with Crippen molar-refractivity contribution in [3.63, 3.8) is 0 Å². The van der Waals surface area contributed by atoms with Crippen molar-refractivity contribution in [2.24, 2.45) is 5.92 Å². The molecule has 1 amide bonds. The van der Waals surface area contributed by atoms with E-state index in [0.717, 1.165) is 44.3 Å². The van der Waals surface area contributed by atoms with Gasteiger partial charge in [0.1, 0.15) is 0 Å². The van der Waals surface area contributed by atoms with Crippen molar-refractivity contribution in [1.29, 1.82) is 0 Å². The first-order valence-corrected chi connectivity index (χ1v) is 7.97. The monoisotopic (exact) mass is 288 g/mol. The van der Waals surface area contributed by atoms with Crippen LogP contribution in [0.3, 0.4) is 0 Å². The molecule has 3 rings (SSSR count). The van der Waals surface area contributed by atoms with Crippen LogP contribution in [-0.4, -0.2) is 41.6 Å². The van der Waals surface area contributed by atoms with Gasteiger partial charge < -0.3 is 10.4 Å². The summed E-state index contributed by atoms with van der Waals surface area (Å²) in [7, 11) is 0. The van der Waals surface area contributed by atoms with Gasteiger partial charge in [-0.3, -0.25) is 9.69 Å². The highest BCUT2D eigenvalue weighted by Crippen LogP contribution is 2.30. The zero-order valence-corrected chi connectivity index (χ0v) is 12.4. The molecule has 4 nitrogen and oxygen atoms in total. The van der Waals surface area contributed by atoms with Crippen LogP contribution in [0.4, 0.5) is 0 Å². The fraction of sp³-hybridized carbons (Fsp3) is 0.588.